The molecule has 1 aromatic heterocycles. The van der Waals surface area contributed by atoms with Gasteiger partial charge < -0.3 is 4.90 Å². The molecule has 3 aromatic rings. The van der Waals surface area contributed by atoms with E-state index in [1.807, 2.05) is 43.3 Å². The highest BCUT2D eigenvalue weighted by molar-refractivity contribution is 7.71. The Morgan fingerprint density at radius 3 is 2.54 bits per heavy atom. The van der Waals surface area contributed by atoms with E-state index in [1.165, 1.54) is 16.8 Å². The molecule has 5 nitrogen and oxygen atoms in total. The molecule has 0 bridgehead atoms. The normalized spacial score (nSPS) is 11.3. The highest BCUT2D eigenvalue weighted by Gasteiger charge is 2.15. The van der Waals surface area contributed by atoms with Gasteiger partial charge in [0.25, 0.3) is 0 Å². The lowest BCUT2D eigenvalue weighted by molar-refractivity contribution is 0.628. The average molecular weight is 410 g/mol. The van der Waals surface area contributed by atoms with Crippen molar-refractivity contribution >= 4 is 47.3 Å². The van der Waals surface area contributed by atoms with Crippen LogP contribution >= 0.6 is 35.4 Å². The smallest absolute Gasteiger partial charge is 0.216 e. The van der Waals surface area contributed by atoms with Crippen molar-refractivity contribution in [1.82, 2.24) is 14.9 Å². The van der Waals surface area contributed by atoms with Crippen molar-refractivity contribution in [3.63, 3.8) is 0 Å². The van der Waals surface area contributed by atoms with Crippen LogP contribution in [-0.2, 0) is 0 Å². The number of hydrogen-bond acceptors (Lipinski definition) is 4. The predicted molar refractivity (Wildman–Crippen MR) is 107 cm³/mol. The van der Waals surface area contributed by atoms with Crippen molar-refractivity contribution < 1.29 is 4.39 Å². The largest absolute Gasteiger partial charge is 0.378 e. The molecule has 2 aromatic carbocycles. The maximum absolute atomic E-state index is 13.8. The Bertz CT molecular complexity index is 1020. The third-order valence-corrected chi connectivity index (χ3v) is 4.50. The zero-order chi connectivity index (χ0) is 18.8. The number of rotatable bonds is 4. The molecule has 0 radical (unpaired) electrons. The highest BCUT2D eigenvalue weighted by Crippen LogP contribution is 2.31. The number of hydrogen-bond donors (Lipinski definition) is 1. The minimum atomic E-state index is -0.602. The molecule has 1 N–H and O–H groups in total. The summed E-state index contributed by atoms with van der Waals surface area (Å²) in [5, 5.41) is 11.3. The summed E-state index contributed by atoms with van der Waals surface area (Å²) in [6.45, 7) is 0. The van der Waals surface area contributed by atoms with Gasteiger partial charge in [-0.15, -0.1) is 0 Å². The molecule has 1 heterocycles. The molecule has 0 amide bonds. The molecular weight excluding hydrogens is 396 g/mol. The fourth-order valence-electron chi connectivity index (χ4n) is 2.25. The van der Waals surface area contributed by atoms with Crippen LogP contribution in [0.25, 0.3) is 11.4 Å². The van der Waals surface area contributed by atoms with Crippen LogP contribution in [0, 0.1) is 10.6 Å². The van der Waals surface area contributed by atoms with Crippen molar-refractivity contribution in [2.24, 2.45) is 5.10 Å². The van der Waals surface area contributed by atoms with Gasteiger partial charge in [0.15, 0.2) is 5.82 Å². The molecule has 0 aliphatic carbocycles. The second kappa shape index (κ2) is 7.57. The lowest BCUT2D eigenvalue weighted by Crippen LogP contribution is -2.08. The quantitative estimate of drug-likeness (QED) is 0.374. The zero-order valence-electron chi connectivity index (χ0n) is 13.9. The van der Waals surface area contributed by atoms with Crippen molar-refractivity contribution in [3.05, 3.63) is 62.6 Å². The molecule has 9 heteroatoms. The van der Waals surface area contributed by atoms with E-state index in [4.69, 9.17) is 35.4 Å². The average Bonchev–Trinajstić information content (AvgIpc) is 2.97. The summed E-state index contributed by atoms with van der Waals surface area (Å²) in [7, 11) is 3.93. The molecule has 0 aliphatic heterocycles. The first-order chi connectivity index (χ1) is 12.4. The van der Waals surface area contributed by atoms with Gasteiger partial charge in [-0.2, -0.15) is 14.9 Å². The summed E-state index contributed by atoms with van der Waals surface area (Å²) in [6, 6.07) is 10.3. The van der Waals surface area contributed by atoms with Crippen LogP contribution in [0.4, 0.5) is 10.1 Å². The first kappa shape index (κ1) is 18.6. The number of nitrogens with zero attached hydrogens (tertiary/aromatic N) is 4. The van der Waals surface area contributed by atoms with Crippen molar-refractivity contribution in [2.75, 3.05) is 19.0 Å². The summed E-state index contributed by atoms with van der Waals surface area (Å²) >= 11 is 17.1. The van der Waals surface area contributed by atoms with Crippen LogP contribution in [0.15, 0.2) is 41.5 Å². The number of nitrogens with one attached hydrogen (secondary N) is 1. The molecule has 0 spiro atoms. The molecule has 3 rings (SSSR count). The number of H-pyrrole nitrogens is 1. The van der Waals surface area contributed by atoms with E-state index >= 15 is 0 Å². The molecule has 26 heavy (non-hydrogen) atoms. The number of aromatic nitrogens is 3. The first-order valence-corrected chi connectivity index (χ1v) is 8.67. The molecule has 0 saturated heterocycles. The Kier molecular flexibility index (Phi) is 5.41. The van der Waals surface area contributed by atoms with Crippen molar-refractivity contribution in [1.29, 1.82) is 0 Å². The molecular formula is C17H14Cl2FN5S. The number of benzene rings is 2. The van der Waals surface area contributed by atoms with Gasteiger partial charge in [0.2, 0.25) is 4.77 Å². The Hall–Kier alpha value is -2.22. The van der Waals surface area contributed by atoms with Crippen molar-refractivity contribution in [2.45, 2.75) is 0 Å². The van der Waals surface area contributed by atoms with E-state index in [9.17, 15) is 4.39 Å². The SMILES string of the molecule is CN(C)c1ccc(/C=N/n2c(-c3cc(F)c(Cl)cc3Cl)n[nH]c2=S)cc1. The fourth-order valence-corrected chi connectivity index (χ4v) is 2.90. The third kappa shape index (κ3) is 3.80. The summed E-state index contributed by atoms with van der Waals surface area (Å²) in [6.07, 6.45) is 1.63. The Morgan fingerprint density at radius 1 is 1.19 bits per heavy atom. The number of aromatic amines is 1. The maximum atomic E-state index is 13.8. The van der Waals surface area contributed by atoms with E-state index < -0.39 is 5.82 Å². The van der Waals surface area contributed by atoms with E-state index in [1.54, 1.807) is 6.21 Å². The second-order valence-corrected chi connectivity index (χ2v) is 6.84. The van der Waals surface area contributed by atoms with Crippen LogP contribution in [0.3, 0.4) is 0 Å². The van der Waals surface area contributed by atoms with Crippen LogP contribution < -0.4 is 4.90 Å². The summed E-state index contributed by atoms with van der Waals surface area (Å²) < 4.78 is 15.5. The molecule has 0 fully saturated rings. The van der Waals surface area contributed by atoms with Crippen LogP contribution in [0.5, 0.6) is 0 Å². The first-order valence-electron chi connectivity index (χ1n) is 7.51. The summed E-state index contributed by atoms with van der Waals surface area (Å²) in [5.74, 6) is -0.313. The maximum Gasteiger partial charge on any atom is 0.216 e. The molecule has 0 aliphatic rings. The van der Waals surface area contributed by atoms with Gasteiger partial charge in [-0.25, -0.2) is 9.49 Å². The van der Waals surface area contributed by atoms with Gasteiger partial charge >= 0.3 is 0 Å². The van der Waals surface area contributed by atoms with Gasteiger partial charge in [-0.1, -0.05) is 35.3 Å². The highest BCUT2D eigenvalue weighted by atomic mass is 35.5. The zero-order valence-corrected chi connectivity index (χ0v) is 16.2. The van der Waals surface area contributed by atoms with Crippen LogP contribution in [0.1, 0.15) is 5.56 Å². The van der Waals surface area contributed by atoms with Gasteiger partial charge in [-0.05, 0) is 42.0 Å². The van der Waals surface area contributed by atoms with E-state index in [0.717, 1.165) is 11.3 Å². The summed E-state index contributed by atoms with van der Waals surface area (Å²) in [4.78, 5) is 2.00. The molecule has 134 valence electrons. The predicted octanol–water partition coefficient (Wildman–Crippen LogP) is 5.00. The van der Waals surface area contributed by atoms with Crippen molar-refractivity contribution in [3.8, 4) is 11.4 Å². The Balaban J connectivity index is 1.99. The monoisotopic (exact) mass is 409 g/mol. The van der Waals surface area contributed by atoms with Gasteiger partial charge in [0.1, 0.15) is 5.82 Å². The van der Waals surface area contributed by atoms with Crippen LogP contribution in [-0.4, -0.2) is 35.2 Å². The molecule has 0 unspecified atom stereocenters. The summed E-state index contributed by atoms with van der Waals surface area (Å²) in [5.41, 5.74) is 2.28. The van der Waals surface area contributed by atoms with Gasteiger partial charge in [0.05, 0.1) is 16.3 Å². The van der Waals surface area contributed by atoms with Gasteiger partial charge in [0, 0.05) is 25.3 Å². The number of halogens is 3. The fraction of sp³-hybridized carbons (Fsp3) is 0.118. The number of anilines is 1. The standard InChI is InChI=1S/C17H14Cl2FN5S/c1-24(2)11-5-3-10(4-6-11)9-21-25-16(22-23-17(25)26)12-7-15(20)14(19)8-13(12)18/h3-9H,1-2H3,(H,23,26)/b21-9+. The van der Waals surface area contributed by atoms with E-state index in [2.05, 4.69) is 15.3 Å². The Labute approximate surface area is 164 Å². The minimum Gasteiger partial charge on any atom is -0.378 e. The Morgan fingerprint density at radius 2 is 1.88 bits per heavy atom. The third-order valence-electron chi connectivity index (χ3n) is 3.63. The van der Waals surface area contributed by atoms with Gasteiger partial charge in [-0.3, -0.25) is 0 Å². The lowest BCUT2D eigenvalue weighted by atomic mass is 10.2. The molecule has 0 saturated carbocycles. The molecule has 0 atom stereocenters. The van der Waals surface area contributed by atoms with E-state index in [-0.39, 0.29) is 20.6 Å². The topological polar surface area (TPSA) is 49.2 Å². The minimum absolute atomic E-state index is 0.0658. The lowest BCUT2D eigenvalue weighted by Gasteiger charge is -2.11. The second-order valence-electron chi connectivity index (χ2n) is 5.64. The van der Waals surface area contributed by atoms with E-state index in [0.29, 0.717) is 5.56 Å². The van der Waals surface area contributed by atoms with Crippen LogP contribution in [0.2, 0.25) is 10.0 Å².